The van der Waals surface area contributed by atoms with Crippen LogP contribution in [0.15, 0.2) is 6.07 Å². The van der Waals surface area contributed by atoms with Crippen molar-refractivity contribution in [1.82, 2.24) is 9.97 Å². The number of hydrogen-bond donors (Lipinski definition) is 0. The summed E-state index contributed by atoms with van der Waals surface area (Å²) in [5, 5.41) is 0.238. The second-order valence-corrected chi connectivity index (χ2v) is 4.74. The van der Waals surface area contributed by atoms with E-state index in [1.165, 1.54) is 11.0 Å². The predicted molar refractivity (Wildman–Crippen MR) is 65.1 cm³/mol. The van der Waals surface area contributed by atoms with Crippen molar-refractivity contribution < 1.29 is 13.2 Å². The third kappa shape index (κ3) is 4.68. The SMILES string of the molecule is CC(C)c1nc(Cl)cc(N(C)CCC(F)(F)F)n1. The Morgan fingerprint density at radius 3 is 2.44 bits per heavy atom. The maximum atomic E-state index is 12.1. The second-order valence-electron chi connectivity index (χ2n) is 4.35. The van der Waals surface area contributed by atoms with E-state index in [1.807, 2.05) is 13.8 Å². The van der Waals surface area contributed by atoms with E-state index in [0.29, 0.717) is 11.6 Å². The molecule has 3 nitrogen and oxygen atoms in total. The fraction of sp³-hybridized carbons (Fsp3) is 0.636. The molecule has 18 heavy (non-hydrogen) atoms. The highest BCUT2D eigenvalue weighted by molar-refractivity contribution is 6.29. The van der Waals surface area contributed by atoms with Crippen LogP contribution in [-0.4, -0.2) is 29.7 Å². The molecular formula is C11H15ClF3N3. The zero-order chi connectivity index (χ0) is 13.9. The van der Waals surface area contributed by atoms with E-state index < -0.39 is 12.6 Å². The summed E-state index contributed by atoms with van der Waals surface area (Å²) in [4.78, 5) is 9.65. The van der Waals surface area contributed by atoms with Gasteiger partial charge in [-0.05, 0) is 0 Å². The van der Waals surface area contributed by atoms with Crippen molar-refractivity contribution in [3.8, 4) is 0 Å². The molecule has 1 rings (SSSR count). The van der Waals surface area contributed by atoms with Crippen LogP contribution in [0.4, 0.5) is 19.0 Å². The van der Waals surface area contributed by atoms with E-state index >= 15 is 0 Å². The summed E-state index contributed by atoms with van der Waals surface area (Å²) < 4.78 is 36.4. The van der Waals surface area contributed by atoms with Gasteiger partial charge >= 0.3 is 6.18 Å². The van der Waals surface area contributed by atoms with Crippen molar-refractivity contribution in [3.05, 3.63) is 17.0 Å². The summed E-state index contributed by atoms with van der Waals surface area (Å²) in [5.74, 6) is 0.998. The number of alkyl halides is 3. The Kier molecular flexibility index (Phi) is 4.78. The highest BCUT2D eigenvalue weighted by Crippen LogP contribution is 2.23. The molecule has 0 spiro atoms. The summed E-state index contributed by atoms with van der Waals surface area (Å²) in [6.07, 6.45) is -5.06. The van der Waals surface area contributed by atoms with Crippen LogP contribution in [0.25, 0.3) is 0 Å². The van der Waals surface area contributed by atoms with Gasteiger partial charge in [-0.25, -0.2) is 9.97 Å². The molecule has 0 saturated heterocycles. The van der Waals surface area contributed by atoms with Crippen LogP contribution in [0.3, 0.4) is 0 Å². The van der Waals surface area contributed by atoms with Gasteiger partial charge in [-0.2, -0.15) is 13.2 Å². The third-order valence-corrected chi connectivity index (χ3v) is 2.53. The molecule has 0 N–H and O–H groups in total. The minimum absolute atomic E-state index is 0.0680. The first-order valence-electron chi connectivity index (χ1n) is 5.51. The van der Waals surface area contributed by atoms with E-state index in [0.717, 1.165) is 0 Å². The molecule has 0 bridgehead atoms. The lowest BCUT2D eigenvalue weighted by Gasteiger charge is -2.20. The Bertz CT molecular complexity index is 407. The lowest BCUT2D eigenvalue weighted by molar-refractivity contribution is -0.132. The third-order valence-electron chi connectivity index (χ3n) is 2.34. The van der Waals surface area contributed by atoms with E-state index in [9.17, 15) is 13.2 Å². The zero-order valence-corrected chi connectivity index (χ0v) is 11.2. The lowest BCUT2D eigenvalue weighted by atomic mass is 10.2. The second kappa shape index (κ2) is 5.73. The first-order chi connectivity index (χ1) is 8.19. The molecule has 0 radical (unpaired) electrons. The average Bonchev–Trinajstić information content (AvgIpc) is 2.23. The van der Waals surface area contributed by atoms with Gasteiger partial charge < -0.3 is 4.90 Å². The standard InChI is InChI=1S/C11H15ClF3N3/c1-7(2)10-16-8(12)6-9(17-10)18(3)5-4-11(13,14)15/h6-7H,4-5H2,1-3H3. The van der Waals surface area contributed by atoms with Gasteiger partial charge in [0, 0.05) is 25.6 Å². The van der Waals surface area contributed by atoms with Gasteiger partial charge in [-0.3, -0.25) is 0 Å². The van der Waals surface area contributed by atoms with Crippen molar-refractivity contribution >= 4 is 17.4 Å². The molecule has 0 aliphatic heterocycles. The largest absolute Gasteiger partial charge is 0.390 e. The number of rotatable bonds is 4. The topological polar surface area (TPSA) is 29.0 Å². The van der Waals surface area contributed by atoms with E-state index in [2.05, 4.69) is 9.97 Å². The van der Waals surface area contributed by atoms with Gasteiger partial charge in [-0.15, -0.1) is 0 Å². The van der Waals surface area contributed by atoms with Crippen molar-refractivity contribution in [2.75, 3.05) is 18.5 Å². The van der Waals surface area contributed by atoms with Crippen molar-refractivity contribution in [2.24, 2.45) is 0 Å². The molecule has 1 aromatic rings. The number of aromatic nitrogens is 2. The first-order valence-corrected chi connectivity index (χ1v) is 5.89. The van der Waals surface area contributed by atoms with Crippen LogP contribution in [0.2, 0.25) is 5.15 Å². The molecule has 0 aromatic carbocycles. The maximum Gasteiger partial charge on any atom is 0.390 e. The van der Waals surface area contributed by atoms with Gasteiger partial charge in [-0.1, -0.05) is 25.4 Å². The minimum Gasteiger partial charge on any atom is -0.359 e. The zero-order valence-electron chi connectivity index (χ0n) is 10.4. The summed E-state index contributed by atoms with van der Waals surface area (Å²) in [5.41, 5.74) is 0. The molecule has 0 unspecified atom stereocenters. The minimum atomic E-state index is -4.17. The van der Waals surface area contributed by atoms with Gasteiger partial charge in [0.2, 0.25) is 0 Å². The van der Waals surface area contributed by atoms with Crippen LogP contribution in [0.1, 0.15) is 32.0 Å². The molecule has 7 heteroatoms. The van der Waals surface area contributed by atoms with E-state index in [4.69, 9.17) is 11.6 Å². The van der Waals surface area contributed by atoms with Crippen molar-refractivity contribution in [2.45, 2.75) is 32.4 Å². The van der Waals surface area contributed by atoms with Gasteiger partial charge in [0.25, 0.3) is 0 Å². The Balaban J connectivity index is 2.82. The predicted octanol–water partition coefficient (Wildman–Crippen LogP) is 3.64. The van der Waals surface area contributed by atoms with Gasteiger partial charge in [0.05, 0.1) is 6.42 Å². The molecule has 0 atom stereocenters. The number of nitrogens with zero attached hydrogens (tertiary/aromatic N) is 3. The van der Waals surface area contributed by atoms with E-state index in [-0.39, 0.29) is 17.6 Å². The monoisotopic (exact) mass is 281 g/mol. The molecule has 1 aromatic heterocycles. The Labute approximate surface area is 109 Å². The highest BCUT2D eigenvalue weighted by atomic mass is 35.5. The molecule has 0 amide bonds. The Morgan fingerprint density at radius 2 is 1.94 bits per heavy atom. The van der Waals surface area contributed by atoms with Crippen molar-refractivity contribution in [1.29, 1.82) is 0 Å². The molecule has 0 aliphatic rings. The fourth-order valence-electron chi connectivity index (χ4n) is 1.29. The fourth-order valence-corrected chi connectivity index (χ4v) is 1.47. The summed E-state index contributed by atoms with van der Waals surface area (Å²) >= 11 is 5.83. The molecule has 0 saturated carbocycles. The summed E-state index contributed by atoms with van der Waals surface area (Å²) in [7, 11) is 1.55. The molecule has 0 aliphatic carbocycles. The van der Waals surface area contributed by atoms with Crippen LogP contribution >= 0.6 is 11.6 Å². The smallest absolute Gasteiger partial charge is 0.359 e. The maximum absolute atomic E-state index is 12.1. The number of hydrogen-bond acceptors (Lipinski definition) is 3. The molecule has 0 fully saturated rings. The summed E-state index contributed by atoms with van der Waals surface area (Å²) in [6, 6.07) is 1.46. The van der Waals surface area contributed by atoms with E-state index in [1.54, 1.807) is 7.05 Å². The van der Waals surface area contributed by atoms with Crippen LogP contribution < -0.4 is 4.90 Å². The molecule has 102 valence electrons. The van der Waals surface area contributed by atoms with Gasteiger partial charge in [0.15, 0.2) is 0 Å². The molecule has 1 heterocycles. The van der Waals surface area contributed by atoms with Crippen LogP contribution in [0.5, 0.6) is 0 Å². The number of anilines is 1. The lowest BCUT2D eigenvalue weighted by Crippen LogP contribution is -2.25. The Morgan fingerprint density at radius 1 is 1.33 bits per heavy atom. The normalized spacial score (nSPS) is 12.0. The van der Waals surface area contributed by atoms with Crippen LogP contribution in [0, 0.1) is 0 Å². The summed E-state index contributed by atoms with van der Waals surface area (Å²) in [6.45, 7) is 3.63. The quantitative estimate of drug-likeness (QED) is 0.789. The Hall–Kier alpha value is -1.04. The number of halogens is 4. The highest BCUT2D eigenvalue weighted by Gasteiger charge is 2.27. The average molecular weight is 282 g/mol. The van der Waals surface area contributed by atoms with Gasteiger partial charge in [0.1, 0.15) is 16.8 Å². The van der Waals surface area contributed by atoms with Crippen LogP contribution in [-0.2, 0) is 0 Å². The van der Waals surface area contributed by atoms with Crippen molar-refractivity contribution in [3.63, 3.8) is 0 Å². The molecular weight excluding hydrogens is 267 g/mol. The first kappa shape index (κ1) is 15.0.